The molecule has 7 heteroatoms. The zero-order valence-corrected chi connectivity index (χ0v) is 12.1. The summed E-state index contributed by atoms with van der Waals surface area (Å²) in [7, 11) is 1.66. The summed E-state index contributed by atoms with van der Waals surface area (Å²) in [5.74, 6) is 0.682. The van der Waals surface area contributed by atoms with Crippen LogP contribution in [0.5, 0.6) is 11.5 Å². The second kappa shape index (κ2) is 6.34. The highest BCUT2D eigenvalue weighted by molar-refractivity contribution is 5.98. The van der Waals surface area contributed by atoms with Crippen LogP contribution in [0.15, 0.2) is 23.4 Å². The van der Waals surface area contributed by atoms with E-state index in [1.165, 1.54) is 4.90 Å². The fourth-order valence-corrected chi connectivity index (χ4v) is 2.13. The van der Waals surface area contributed by atoms with Crippen molar-refractivity contribution in [2.75, 3.05) is 26.8 Å². The summed E-state index contributed by atoms with van der Waals surface area (Å²) in [5, 5.41) is 11.6. The summed E-state index contributed by atoms with van der Waals surface area (Å²) in [6, 6.07) is 5.21. The molecule has 0 aromatic heterocycles. The fraction of sp³-hybridized carbons (Fsp3) is 0.429. The van der Waals surface area contributed by atoms with Crippen molar-refractivity contribution >= 4 is 11.7 Å². The Morgan fingerprint density at radius 2 is 2.19 bits per heavy atom. The van der Waals surface area contributed by atoms with Gasteiger partial charge in [0.2, 0.25) is 0 Å². The number of fused-ring (bicyclic) bond motifs is 1. The molecule has 1 amide bonds. The Bertz CT molecular complexity index is 559. The highest BCUT2D eigenvalue weighted by Crippen LogP contribution is 2.34. The van der Waals surface area contributed by atoms with Gasteiger partial charge in [0, 0.05) is 19.5 Å². The summed E-state index contributed by atoms with van der Waals surface area (Å²) in [4.78, 5) is 14.0. The number of carbonyl (C=O) groups excluding carboxylic acids is 1. The maximum absolute atomic E-state index is 12.5. The molecule has 2 rings (SSSR count). The number of ether oxygens (including phenoxy) is 2. The Labute approximate surface area is 122 Å². The van der Waals surface area contributed by atoms with E-state index in [0.717, 1.165) is 0 Å². The van der Waals surface area contributed by atoms with Gasteiger partial charge in [0.15, 0.2) is 11.5 Å². The van der Waals surface area contributed by atoms with Gasteiger partial charge < -0.3 is 25.3 Å². The molecular weight excluding hydrogens is 274 g/mol. The molecule has 0 bridgehead atoms. The predicted octanol–water partition coefficient (Wildman–Crippen LogP) is 0.912. The molecule has 1 atom stereocenters. The molecule has 1 aromatic rings. The Hall–Kier alpha value is -2.44. The molecule has 1 aliphatic rings. The zero-order valence-electron chi connectivity index (χ0n) is 12.1. The molecule has 0 fully saturated rings. The van der Waals surface area contributed by atoms with Crippen LogP contribution >= 0.6 is 0 Å². The largest absolute Gasteiger partial charge is 0.486 e. The van der Waals surface area contributed by atoms with Gasteiger partial charge in [-0.1, -0.05) is 18.1 Å². The van der Waals surface area contributed by atoms with E-state index in [2.05, 4.69) is 5.16 Å². The van der Waals surface area contributed by atoms with Crippen LogP contribution < -0.4 is 15.2 Å². The van der Waals surface area contributed by atoms with Crippen LogP contribution in [0.3, 0.4) is 0 Å². The van der Waals surface area contributed by atoms with E-state index in [-0.39, 0.29) is 17.7 Å². The number of nitrogens with two attached hydrogens (primary N) is 1. The standard InChI is InChI=1S/C14H19N3O4/c1-9(13(15)16-19)8-17(2)14(18)10-4-3-5-11-12(10)21-7-6-20-11/h3-5,9,19H,6-8H2,1-2H3,(H2,15,16). The van der Waals surface area contributed by atoms with Gasteiger partial charge in [-0.25, -0.2) is 0 Å². The molecule has 1 unspecified atom stereocenters. The molecule has 114 valence electrons. The molecule has 3 N–H and O–H groups in total. The van der Waals surface area contributed by atoms with Crippen molar-refractivity contribution in [2.24, 2.45) is 16.8 Å². The quantitative estimate of drug-likeness (QED) is 0.372. The molecule has 0 saturated heterocycles. The minimum absolute atomic E-state index is 0.0873. The van der Waals surface area contributed by atoms with Crippen LogP contribution in [0.2, 0.25) is 0 Å². The van der Waals surface area contributed by atoms with Crippen molar-refractivity contribution in [1.82, 2.24) is 4.90 Å². The van der Waals surface area contributed by atoms with Crippen LogP contribution in [0, 0.1) is 5.92 Å². The highest BCUT2D eigenvalue weighted by Gasteiger charge is 2.24. The van der Waals surface area contributed by atoms with Crippen LogP contribution in [-0.4, -0.2) is 48.7 Å². The molecule has 0 radical (unpaired) electrons. The van der Waals surface area contributed by atoms with Crippen molar-refractivity contribution in [2.45, 2.75) is 6.92 Å². The lowest BCUT2D eigenvalue weighted by Gasteiger charge is -2.24. The van der Waals surface area contributed by atoms with Gasteiger partial charge in [-0.05, 0) is 12.1 Å². The average Bonchev–Trinajstić information content (AvgIpc) is 2.52. The Kier molecular flexibility index (Phi) is 4.52. The van der Waals surface area contributed by atoms with E-state index in [0.29, 0.717) is 36.8 Å². The summed E-state index contributed by atoms with van der Waals surface area (Å²) >= 11 is 0. The van der Waals surface area contributed by atoms with E-state index in [1.54, 1.807) is 32.2 Å². The van der Waals surface area contributed by atoms with Gasteiger partial charge in [-0.3, -0.25) is 4.79 Å². The SMILES string of the molecule is CC(CN(C)C(=O)c1cccc2c1OCCO2)C(N)=NO. The molecule has 0 spiro atoms. The summed E-state index contributed by atoms with van der Waals surface area (Å²) in [6.07, 6.45) is 0. The van der Waals surface area contributed by atoms with Gasteiger partial charge in [0.05, 0.1) is 5.56 Å². The van der Waals surface area contributed by atoms with Gasteiger partial charge in [-0.2, -0.15) is 0 Å². The van der Waals surface area contributed by atoms with E-state index < -0.39 is 0 Å². The highest BCUT2D eigenvalue weighted by atomic mass is 16.6. The number of amides is 1. The smallest absolute Gasteiger partial charge is 0.257 e. The third-order valence-electron chi connectivity index (χ3n) is 3.31. The molecule has 1 aromatic carbocycles. The molecular formula is C14H19N3O4. The lowest BCUT2D eigenvalue weighted by Crippen LogP contribution is -2.36. The lowest BCUT2D eigenvalue weighted by atomic mass is 10.1. The van der Waals surface area contributed by atoms with E-state index in [9.17, 15) is 4.79 Å². The number of oxime groups is 1. The normalized spacial score (nSPS) is 15.4. The van der Waals surface area contributed by atoms with Gasteiger partial charge in [0.25, 0.3) is 5.91 Å². The molecule has 7 nitrogen and oxygen atoms in total. The van der Waals surface area contributed by atoms with Crippen molar-refractivity contribution in [3.05, 3.63) is 23.8 Å². The van der Waals surface area contributed by atoms with E-state index in [1.807, 2.05) is 0 Å². The first-order valence-corrected chi connectivity index (χ1v) is 6.66. The number of para-hydroxylation sites is 1. The summed E-state index contributed by atoms with van der Waals surface area (Å²) < 4.78 is 11.0. The van der Waals surface area contributed by atoms with Crippen LogP contribution in [0.4, 0.5) is 0 Å². The molecule has 1 heterocycles. The van der Waals surface area contributed by atoms with E-state index in [4.69, 9.17) is 20.4 Å². The zero-order chi connectivity index (χ0) is 15.4. The molecule has 1 aliphatic heterocycles. The predicted molar refractivity (Wildman–Crippen MR) is 77.0 cm³/mol. The number of hydrogen-bond donors (Lipinski definition) is 2. The number of benzene rings is 1. The first-order chi connectivity index (χ1) is 10.0. The number of hydrogen-bond acceptors (Lipinski definition) is 5. The van der Waals surface area contributed by atoms with Gasteiger partial charge in [-0.15, -0.1) is 0 Å². The fourth-order valence-electron chi connectivity index (χ4n) is 2.13. The van der Waals surface area contributed by atoms with Gasteiger partial charge in [0.1, 0.15) is 19.0 Å². The van der Waals surface area contributed by atoms with Crippen LogP contribution in [0.1, 0.15) is 17.3 Å². The third-order valence-corrected chi connectivity index (χ3v) is 3.31. The van der Waals surface area contributed by atoms with Crippen LogP contribution in [0.25, 0.3) is 0 Å². The number of rotatable bonds is 4. The Morgan fingerprint density at radius 1 is 1.48 bits per heavy atom. The van der Waals surface area contributed by atoms with Crippen molar-refractivity contribution in [3.63, 3.8) is 0 Å². The van der Waals surface area contributed by atoms with Crippen molar-refractivity contribution in [3.8, 4) is 11.5 Å². The number of amidine groups is 1. The maximum atomic E-state index is 12.5. The maximum Gasteiger partial charge on any atom is 0.257 e. The third kappa shape index (κ3) is 3.18. The molecule has 0 saturated carbocycles. The summed E-state index contributed by atoms with van der Waals surface area (Å²) in [6.45, 7) is 3.00. The number of carbonyl (C=O) groups is 1. The van der Waals surface area contributed by atoms with Crippen molar-refractivity contribution in [1.29, 1.82) is 0 Å². The first kappa shape index (κ1) is 15.0. The second-order valence-corrected chi connectivity index (χ2v) is 4.94. The minimum Gasteiger partial charge on any atom is -0.486 e. The van der Waals surface area contributed by atoms with E-state index >= 15 is 0 Å². The number of nitrogens with zero attached hydrogens (tertiary/aromatic N) is 2. The van der Waals surface area contributed by atoms with Crippen molar-refractivity contribution < 1.29 is 19.5 Å². The monoisotopic (exact) mass is 293 g/mol. The Morgan fingerprint density at radius 3 is 2.90 bits per heavy atom. The summed E-state index contributed by atoms with van der Waals surface area (Å²) in [5.41, 5.74) is 5.98. The minimum atomic E-state index is -0.249. The topological polar surface area (TPSA) is 97.4 Å². The average molecular weight is 293 g/mol. The van der Waals surface area contributed by atoms with Gasteiger partial charge >= 0.3 is 0 Å². The lowest BCUT2D eigenvalue weighted by molar-refractivity contribution is 0.0775. The molecule has 0 aliphatic carbocycles. The first-order valence-electron chi connectivity index (χ1n) is 6.66. The Balaban J connectivity index is 2.16. The van der Waals surface area contributed by atoms with Crippen LogP contribution in [-0.2, 0) is 0 Å². The molecule has 21 heavy (non-hydrogen) atoms. The second-order valence-electron chi connectivity index (χ2n) is 4.94.